The molecule has 28 heteroatoms. The molecule has 8 rings (SSSR count). The van der Waals surface area contributed by atoms with Crippen molar-refractivity contribution >= 4 is 17.9 Å². The van der Waals surface area contributed by atoms with Crippen molar-refractivity contribution in [1.82, 2.24) is 0 Å². The molecule has 8 aromatic rings. The lowest BCUT2D eigenvalue weighted by molar-refractivity contribution is -0.290. The van der Waals surface area contributed by atoms with Crippen molar-refractivity contribution in [3.05, 3.63) is 288 Å². The third kappa shape index (κ3) is 20.8. The molecule has 3 atom stereocenters. The molecule has 107 heavy (non-hydrogen) atoms. The fourth-order valence-corrected chi connectivity index (χ4v) is 11.1. The summed E-state index contributed by atoms with van der Waals surface area (Å²) in [7, 11) is 0. The van der Waals surface area contributed by atoms with Crippen LogP contribution in [0.1, 0.15) is 120 Å². The van der Waals surface area contributed by atoms with E-state index < -0.39 is 129 Å². The number of hydrogen-bond acceptors (Lipinski definition) is 10. The first kappa shape index (κ1) is 87.1. The second-order valence-corrected chi connectivity index (χ2v) is 24.1. The summed E-state index contributed by atoms with van der Waals surface area (Å²) in [6, 6.07) is 37.8. The molecule has 0 bridgehead atoms. The van der Waals surface area contributed by atoms with Gasteiger partial charge in [-0.1, -0.05) is 160 Å². The summed E-state index contributed by atoms with van der Waals surface area (Å²) in [5.74, 6) is -2.91. The number of benzene rings is 8. The number of halogens is 18. The monoisotopic (exact) mass is 1520 g/mol. The molecule has 0 aliphatic rings. The molecular weight excluding hydrogens is 1450 g/mol. The topological polar surface area (TPSA) is 116 Å². The number of carbonyl (C=O) groups is 3. The third-order valence-electron chi connectivity index (χ3n) is 15.7. The predicted molar refractivity (Wildman–Crippen MR) is 363 cm³/mol. The Labute approximate surface area is 604 Å². The molecule has 0 N–H and O–H groups in total. The van der Waals surface area contributed by atoms with E-state index in [1.165, 1.54) is 12.2 Å². The zero-order valence-corrected chi connectivity index (χ0v) is 57.3. The Morgan fingerprint density at radius 1 is 0.327 bits per heavy atom. The van der Waals surface area contributed by atoms with Crippen LogP contribution in [-0.2, 0) is 35.4 Å². The number of rotatable bonds is 21. The maximum absolute atomic E-state index is 14.3. The van der Waals surface area contributed by atoms with Crippen LogP contribution in [0, 0.1) is 0 Å². The molecule has 10 nitrogen and oxygen atoms in total. The highest BCUT2D eigenvalue weighted by molar-refractivity contribution is 5.84. The first-order valence-electron chi connectivity index (χ1n) is 31.7. The van der Waals surface area contributed by atoms with E-state index in [1.807, 2.05) is 0 Å². The van der Waals surface area contributed by atoms with Gasteiger partial charge in [0.25, 0.3) is 0 Å². The van der Waals surface area contributed by atoms with Gasteiger partial charge in [0, 0.05) is 18.2 Å². The fourth-order valence-electron chi connectivity index (χ4n) is 11.1. The van der Waals surface area contributed by atoms with Crippen molar-refractivity contribution in [3.63, 3.8) is 0 Å². The van der Waals surface area contributed by atoms with E-state index >= 15 is 0 Å². The highest BCUT2D eigenvalue weighted by Gasteiger charge is 2.75. The molecule has 0 aliphatic carbocycles. The third-order valence-corrected chi connectivity index (χ3v) is 15.7. The second kappa shape index (κ2) is 35.3. The van der Waals surface area contributed by atoms with Crippen LogP contribution in [0.3, 0.4) is 0 Å². The van der Waals surface area contributed by atoms with Crippen LogP contribution < -0.4 is 28.4 Å². The van der Waals surface area contributed by atoms with Crippen molar-refractivity contribution in [3.8, 4) is 34.5 Å². The van der Waals surface area contributed by atoms with Gasteiger partial charge in [0.05, 0.1) is 5.60 Å². The molecule has 0 aromatic heterocycles. The predicted octanol–water partition coefficient (Wildman–Crippen LogP) is 22.8. The van der Waals surface area contributed by atoms with Gasteiger partial charge in [-0.25, -0.2) is 14.4 Å². The van der Waals surface area contributed by atoms with E-state index in [4.69, 9.17) is 33.2 Å². The minimum Gasteiger partial charge on any atom is -0.486 e. The Kier molecular flexibility index (Phi) is 28.7. The first-order valence-corrected chi connectivity index (χ1v) is 31.7. The zero-order chi connectivity index (χ0) is 79.1. The van der Waals surface area contributed by atoms with Crippen molar-refractivity contribution in [2.24, 2.45) is 0 Å². The van der Waals surface area contributed by atoms with Gasteiger partial charge in [-0.05, 0) is 173 Å². The Balaban J connectivity index is 0.000000287. The highest BCUT2D eigenvalue weighted by Crippen LogP contribution is 2.60. The molecule has 0 radical (unpaired) electrons. The number of hydrogen-bond donors (Lipinski definition) is 0. The van der Waals surface area contributed by atoms with Crippen LogP contribution in [0.2, 0.25) is 0 Å². The van der Waals surface area contributed by atoms with E-state index in [1.54, 1.807) is 116 Å². The van der Waals surface area contributed by atoms with E-state index in [0.717, 1.165) is 139 Å². The summed E-state index contributed by atoms with van der Waals surface area (Å²) in [4.78, 5) is 34.4. The van der Waals surface area contributed by atoms with E-state index in [9.17, 15) is 93.4 Å². The fraction of sp³-hybridized carbons (Fsp3) is 0.278. The van der Waals surface area contributed by atoms with Gasteiger partial charge < -0.3 is 33.2 Å². The van der Waals surface area contributed by atoms with Gasteiger partial charge in [0.2, 0.25) is 16.2 Å². The van der Waals surface area contributed by atoms with Crippen LogP contribution in [0.25, 0.3) is 0 Å². The van der Waals surface area contributed by atoms with Crippen molar-refractivity contribution in [2.45, 2.75) is 140 Å². The molecule has 8 aromatic carbocycles. The van der Waals surface area contributed by atoms with Gasteiger partial charge >= 0.3 is 55.0 Å². The maximum atomic E-state index is 14.3. The van der Waals surface area contributed by atoms with Crippen molar-refractivity contribution < 1.29 is 127 Å². The minimum absolute atomic E-state index is 0. The van der Waals surface area contributed by atoms with Gasteiger partial charge in [-0.3, -0.25) is 0 Å². The number of esters is 3. The average molecular weight is 1520 g/mol. The Bertz CT molecular complexity index is 4180. The summed E-state index contributed by atoms with van der Waals surface area (Å²) in [6.07, 6.45) is -30.6. The summed E-state index contributed by atoms with van der Waals surface area (Å²) in [5.41, 5.74) is -18.3. The highest BCUT2D eigenvalue weighted by atomic mass is 19.4. The zero-order valence-electron chi connectivity index (χ0n) is 57.3. The summed E-state index contributed by atoms with van der Waals surface area (Å²) in [6.45, 7) is 16.5. The van der Waals surface area contributed by atoms with Crippen molar-refractivity contribution in [2.75, 3.05) is 0 Å². The molecule has 0 saturated carbocycles. The number of carbonyl (C=O) groups excluding carboxylic acids is 3. The lowest BCUT2D eigenvalue weighted by Gasteiger charge is -2.38. The average Bonchev–Trinajstić information content (AvgIpc) is 0.732. The summed E-state index contributed by atoms with van der Waals surface area (Å²) >= 11 is 0. The van der Waals surface area contributed by atoms with Gasteiger partial charge in [-0.15, -0.1) is 0 Å². The van der Waals surface area contributed by atoms with E-state index in [-0.39, 0.29) is 41.9 Å². The van der Waals surface area contributed by atoms with E-state index in [2.05, 4.69) is 6.58 Å². The number of ether oxygens (including phenoxy) is 7. The standard InChI is InChI=1S/C27H22F6O3.C26H20F6O3.C25H26F6O4.CH4/c1-3-7-24(34)36-23-16-12-21(13-17-23)25(26(28,29)30,27(31,32)33)20-10-14-22(15-11-20)35-18(2)19-8-5-4-6-9-19;1-3-23(33)35-22-15-11-20(12-16-22)24(25(27,28)29,26(30,31)32)19-9-13-21(14-10-19)34-17(2)18-7-5-4-6-8-18;1-6-7-21(32)34-20-14-10-18(11-15-20)23(24(26,27)28,25(29,30)31)17-8-12-19(13-9-17)33-16(2)35-22(3,4)5;/h3-18H,1-2H3;3-17H,1H2,2H3;6-16H,1-5H3;1H4/b7-3+;;7-6+;. The Morgan fingerprint density at radius 3 is 0.748 bits per heavy atom. The molecule has 0 aliphatic heterocycles. The van der Waals surface area contributed by atoms with E-state index in [0.29, 0.717) is 36.4 Å². The SMILES string of the molecule is C.C/C=C/C(=O)Oc1ccc(C(c2ccc(OC(C)OC(C)(C)C)cc2)(C(F)(F)F)C(F)(F)F)cc1.C/C=C/C(=O)Oc1ccc(C(c2ccc(OC(C)c3ccccc3)cc2)(C(F)(F)F)C(F)(F)F)cc1.C=CC(=O)Oc1ccc(C(c2ccc(OC(C)c3ccccc3)cc2)(C(F)(F)F)C(F)(F)F)cc1. The molecule has 0 fully saturated rings. The molecule has 0 heterocycles. The largest absolute Gasteiger partial charge is 0.486 e. The Hall–Kier alpha value is -10.5. The molecule has 0 amide bonds. The second-order valence-electron chi connectivity index (χ2n) is 24.1. The van der Waals surface area contributed by atoms with Gasteiger partial charge in [0.1, 0.15) is 46.7 Å². The maximum Gasteiger partial charge on any atom is 0.411 e. The molecule has 574 valence electrons. The van der Waals surface area contributed by atoms with Crippen LogP contribution in [0.5, 0.6) is 34.5 Å². The molecule has 0 saturated heterocycles. The lowest BCUT2D eigenvalue weighted by Crippen LogP contribution is -2.54. The van der Waals surface area contributed by atoms with Gasteiger partial charge in [-0.2, -0.15) is 79.0 Å². The lowest BCUT2D eigenvalue weighted by atomic mass is 9.73. The molecule has 3 unspecified atom stereocenters. The first-order chi connectivity index (χ1) is 49.3. The van der Waals surface area contributed by atoms with Gasteiger partial charge in [0.15, 0.2) is 6.29 Å². The summed E-state index contributed by atoms with van der Waals surface area (Å²) < 4.78 is 294. The number of allylic oxidation sites excluding steroid dienone is 2. The summed E-state index contributed by atoms with van der Waals surface area (Å²) in [5, 5.41) is 0. The van der Waals surface area contributed by atoms with Crippen LogP contribution >= 0.6 is 0 Å². The molecular formula is C79H72F18O10. The van der Waals surface area contributed by atoms with Crippen LogP contribution in [0.15, 0.2) is 243 Å². The normalized spacial score (nSPS) is 13.4. The number of alkyl halides is 18. The minimum atomic E-state index is -5.75. The van der Waals surface area contributed by atoms with Crippen LogP contribution in [-0.4, -0.2) is 66.9 Å². The van der Waals surface area contributed by atoms with Crippen molar-refractivity contribution in [1.29, 1.82) is 0 Å². The Morgan fingerprint density at radius 2 is 0.542 bits per heavy atom. The smallest absolute Gasteiger partial charge is 0.411 e. The van der Waals surface area contributed by atoms with Crippen LogP contribution in [0.4, 0.5) is 79.0 Å². The quantitative estimate of drug-likeness (QED) is 0.0226. The molecule has 0 spiro atoms.